The van der Waals surface area contributed by atoms with Gasteiger partial charge in [-0.05, 0) is 57.6 Å². The first-order valence-electron chi connectivity index (χ1n) is 10.0. The lowest BCUT2D eigenvalue weighted by Crippen LogP contribution is -2.42. The maximum atomic E-state index is 13.4. The van der Waals surface area contributed by atoms with E-state index in [4.69, 9.17) is 4.74 Å². The van der Waals surface area contributed by atoms with Crippen molar-refractivity contribution in [2.45, 2.75) is 52.5 Å². The van der Waals surface area contributed by atoms with Gasteiger partial charge in [0.2, 0.25) is 5.91 Å². The number of anilines is 1. The molecular weight excluding hydrogens is 424 g/mol. The summed E-state index contributed by atoms with van der Waals surface area (Å²) in [6.07, 6.45) is 3.76. The summed E-state index contributed by atoms with van der Waals surface area (Å²) in [6, 6.07) is 4.77. The van der Waals surface area contributed by atoms with Crippen molar-refractivity contribution in [3.63, 3.8) is 0 Å². The van der Waals surface area contributed by atoms with Gasteiger partial charge in [0.15, 0.2) is 0 Å². The van der Waals surface area contributed by atoms with E-state index >= 15 is 0 Å². The molecule has 0 atom stereocenters. The molecule has 2 aromatic rings. The van der Waals surface area contributed by atoms with Crippen LogP contribution in [0, 0.1) is 22.0 Å². The lowest BCUT2D eigenvalue weighted by Gasteiger charge is -2.33. The van der Waals surface area contributed by atoms with E-state index in [1.165, 1.54) is 24.5 Å². The highest BCUT2D eigenvalue weighted by molar-refractivity contribution is 7.24. The maximum absolute atomic E-state index is 13.4. The summed E-state index contributed by atoms with van der Waals surface area (Å²) >= 11 is 2.25. The molecule has 1 fully saturated rings. The van der Waals surface area contributed by atoms with Crippen LogP contribution in [0.5, 0.6) is 0 Å². The molecule has 0 radical (unpaired) electrons. The number of amides is 1. The van der Waals surface area contributed by atoms with Gasteiger partial charge in [-0.15, -0.1) is 11.3 Å². The second-order valence-electron chi connectivity index (χ2n) is 7.97. The molecule has 3 rings (SSSR count). The van der Waals surface area contributed by atoms with Crippen LogP contribution in [0.3, 0.4) is 0 Å². The third-order valence-electron chi connectivity index (χ3n) is 5.48. The smallest absolute Gasteiger partial charge is 0.350 e. The number of esters is 1. The van der Waals surface area contributed by atoms with Crippen LogP contribution in [-0.4, -0.2) is 30.0 Å². The summed E-state index contributed by atoms with van der Waals surface area (Å²) in [5, 5.41) is 11.1. The molecule has 2 aromatic heterocycles. The lowest BCUT2D eigenvalue weighted by atomic mass is 9.82. The van der Waals surface area contributed by atoms with Crippen LogP contribution in [0.1, 0.15) is 56.1 Å². The van der Waals surface area contributed by atoms with Crippen LogP contribution in [0.4, 0.5) is 10.7 Å². The Morgan fingerprint density at radius 2 is 1.83 bits per heavy atom. The van der Waals surface area contributed by atoms with Gasteiger partial charge in [-0.25, -0.2) is 4.79 Å². The van der Waals surface area contributed by atoms with E-state index in [9.17, 15) is 19.7 Å². The van der Waals surface area contributed by atoms with Crippen molar-refractivity contribution in [2.75, 3.05) is 12.0 Å². The number of rotatable bonds is 6. The average molecular weight is 451 g/mol. The average Bonchev–Trinajstić information content (AvgIpc) is 3.35. The van der Waals surface area contributed by atoms with Crippen LogP contribution in [0.15, 0.2) is 18.2 Å². The van der Waals surface area contributed by atoms with Gasteiger partial charge in [0.25, 0.3) is 0 Å². The zero-order chi connectivity index (χ0) is 22.0. The molecule has 9 heteroatoms. The molecule has 7 nitrogen and oxygen atoms in total. The minimum atomic E-state index is -0.511. The van der Waals surface area contributed by atoms with Crippen LogP contribution in [0.25, 0.3) is 9.75 Å². The number of carbonyl (C=O) groups excluding carboxylic acids is 2. The SMILES string of the molecule is COC(=O)c1sc(-c2ccc([N+](=O)[O-])s2)cc1N(C(=O)C1CCC(C)CC1)C(C)C. The highest BCUT2D eigenvalue weighted by Crippen LogP contribution is 2.43. The standard InChI is InChI=1S/C21H26N2O5S2/c1-12(2)22(20(24)14-7-5-13(3)6-8-14)15-11-17(30-19(15)21(25)28-4)16-9-10-18(29-16)23(26)27/h9-14H,5-8H2,1-4H3. The van der Waals surface area contributed by atoms with E-state index < -0.39 is 10.9 Å². The van der Waals surface area contributed by atoms with Crippen molar-refractivity contribution in [2.24, 2.45) is 11.8 Å². The Labute approximate surface area is 183 Å². The second-order valence-corrected chi connectivity index (χ2v) is 10.1. The van der Waals surface area contributed by atoms with Crippen molar-refractivity contribution in [3.05, 3.63) is 33.2 Å². The number of nitrogens with zero attached hydrogens (tertiary/aromatic N) is 2. The highest BCUT2D eigenvalue weighted by Gasteiger charge is 2.34. The number of ether oxygens (including phenoxy) is 1. The predicted octanol–water partition coefficient (Wildman–Crippen LogP) is 5.74. The zero-order valence-electron chi connectivity index (χ0n) is 17.5. The molecule has 0 spiro atoms. The number of carbonyl (C=O) groups is 2. The molecule has 1 aliphatic rings. The summed E-state index contributed by atoms with van der Waals surface area (Å²) in [7, 11) is 1.31. The Balaban J connectivity index is 2.01. The summed E-state index contributed by atoms with van der Waals surface area (Å²) < 4.78 is 4.97. The van der Waals surface area contributed by atoms with E-state index in [-0.39, 0.29) is 22.9 Å². The van der Waals surface area contributed by atoms with Crippen molar-refractivity contribution in [1.82, 2.24) is 0 Å². The van der Waals surface area contributed by atoms with E-state index in [0.29, 0.717) is 26.2 Å². The first kappa shape index (κ1) is 22.4. The molecule has 0 aromatic carbocycles. The van der Waals surface area contributed by atoms with E-state index in [2.05, 4.69) is 6.92 Å². The van der Waals surface area contributed by atoms with E-state index in [1.807, 2.05) is 13.8 Å². The van der Waals surface area contributed by atoms with Crippen molar-refractivity contribution < 1.29 is 19.2 Å². The molecule has 1 amide bonds. The quantitative estimate of drug-likeness (QED) is 0.318. The molecule has 1 aliphatic carbocycles. The summed E-state index contributed by atoms with van der Waals surface area (Å²) in [4.78, 5) is 40.0. The van der Waals surface area contributed by atoms with Crippen molar-refractivity contribution in [1.29, 1.82) is 0 Å². The molecule has 0 N–H and O–H groups in total. The molecule has 0 bridgehead atoms. The molecule has 0 unspecified atom stereocenters. The van der Waals surface area contributed by atoms with Gasteiger partial charge in [0.1, 0.15) is 4.88 Å². The largest absolute Gasteiger partial charge is 0.465 e. The van der Waals surface area contributed by atoms with Gasteiger partial charge in [0.05, 0.1) is 22.6 Å². The molecule has 0 saturated heterocycles. The maximum Gasteiger partial charge on any atom is 0.350 e. The fourth-order valence-electron chi connectivity index (χ4n) is 3.83. The van der Waals surface area contributed by atoms with Gasteiger partial charge in [-0.3, -0.25) is 14.9 Å². The molecule has 30 heavy (non-hydrogen) atoms. The van der Waals surface area contributed by atoms with Gasteiger partial charge in [-0.1, -0.05) is 18.3 Å². The Hall–Kier alpha value is -2.26. The number of nitro groups is 1. The Kier molecular flexibility index (Phi) is 6.92. The third-order valence-corrected chi connectivity index (χ3v) is 7.81. The van der Waals surface area contributed by atoms with E-state index in [0.717, 1.165) is 37.0 Å². The fourth-order valence-corrected chi connectivity index (χ4v) is 5.80. The fraction of sp³-hybridized carbons (Fsp3) is 0.524. The summed E-state index contributed by atoms with van der Waals surface area (Å²) in [5.41, 5.74) is 0.525. The van der Waals surface area contributed by atoms with E-state index in [1.54, 1.807) is 17.0 Å². The molecule has 162 valence electrons. The second kappa shape index (κ2) is 9.26. The number of methoxy groups -OCH3 is 1. The van der Waals surface area contributed by atoms with Gasteiger partial charge < -0.3 is 9.64 Å². The Bertz CT molecular complexity index is 941. The minimum Gasteiger partial charge on any atom is -0.465 e. The van der Waals surface area contributed by atoms with Crippen LogP contribution in [0.2, 0.25) is 0 Å². The Morgan fingerprint density at radius 3 is 2.37 bits per heavy atom. The first-order chi connectivity index (χ1) is 14.2. The summed E-state index contributed by atoms with van der Waals surface area (Å²) in [6.45, 7) is 6.07. The molecule has 2 heterocycles. The topological polar surface area (TPSA) is 89.8 Å². The number of thiophene rings is 2. The monoisotopic (exact) mass is 450 g/mol. The van der Waals surface area contributed by atoms with Crippen LogP contribution in [-0.2, 0) is 9.53 Å². The summed E-state index contributed by atoms with van der Waals surface area (Å²) in [5.74, 6) is 0.0985. The van der Waals surface area contributed by atoms with Gasteiger partial charge in [-0.2, -0.15) is 0 Å². The lowest BCUT2D eigenvalue weighted by molar-refractivity contribution is -0.380. The van der Waals surface area contributed by atoms with Crippen LogP contribution >= 0.6 is 22.7 Å². The molecule has 0 aliphatic heterocycles. The van der Waals surface area contributed by atoms with Crippen LogP contribution < -0.4 is 4.90 Å². The van der Waals surface area contributed by atoms with Crippen molar-refractivity contribution >= 4 is 45.2 Å². The van der Waals surface area contributed by atoms with Gasteiger partial charge in [0, 0.05) is 22.9 Å². The normalized spacial score (nSPS) is 19.0. The van der Waals surface area contributed by atoms with Gasteiger partial charge >= 0.3 is 11.0 Å². The number of hydrogen-bond donors (Lipinski definition) is 0. The molecule has 1 saturated carbocycles. The predicted molar refractivity (Wildman–Crippen MR) is 119 cm³/mol. The number of hydrogen-bond acceptors (Lipinski definition) is 7. The molecular formula is C21H26N2O5S2. The Morgan fingerprint density at radius 1 is 1.17 bits per heavy atom. The third kappa shape index (κ3) is 4.57. The minimum absolute atomic E-state index is 0.0311. The zero-order valence-corrected chi connectivity index (χ0v) is 19.2. The first-order valence-corrected chi connectivity index (χ1v) is 11.7. The van der Waals surface area contributed by atoms with Crippen molar-refractivity contribution in [3.8, 4) is 9.75 Å². The highest BCUT2D eigenvalue weighted by atomic mass is 32.1.